The zero-order valence-corrected chi connectivity index (χ0v) is 20.4. The predicted molar refractivity (Wildman–Crippen MR) is 125 cm³/mol. The molecule has 1 aliphatic rings. The maximum absolute atomic E-state index is 13.1. The number of anilines is 1. The van der Waals surface area contributed by atoms with E-state index in [0.717, 1.165) is 16.7 Å². The summed E-state index contributed by atoms with van der Waals surface area (Å²) in [7, 11) is -3.78. The lowest BCUT2D eigenvalue weighted by atomic mass is 10.0. The van der Waals surface area contributed by atoms with Crippen molar-refractivity contribution in [2.75, 3.05) is 31.6 Å². The smallest absolute Gasteiger partial charge is 0.338 e. The van der Waals surface area contributed by atoms with Gasteiger partial charge in [-0.3, -0.25) is 4.79 Å². The third-order valence-corrected chi connectivity index (χ3v) is 7.63. The second-order valence-corrected chi connectivity index (χ2v) is 10.2. The lowest BCUT2D eigenvalue weighted by molar-refractivity contribution is -0.123. The molecule has 8 nitrogen and oxygen atoms in total. The summed E-state index contributed by atoms with van der Waals surface area (Å²) in [5.41, 5.74) is 4.18. The third kappa shape index (κ3) is 5.61. The van der Waals surface area contributed by atoms with E-state index in [2.05, 4.69) is 5.32 Å². The highest BCUT2D eigenvalue weighted by atomic mass is 32.2. The van der Waals surface area contributed by atoms with Gasteiger partial charge in [-0.1, -0.05) is 23.8 Å². The molecule has 33 heavy (non-hydrogen) atoms. The standard InChI is InChI=1S/C24H30N2O6S/c1-15-12-17(3)22(18(4)13-15)25-23(27)19(5)32-24(28)20-7-6-16(2)21(14-20)33(29,30)26-8-10-31-11-9-26/h6-7,12-14,19H,8-11H2,1-5H3,(H,25,27)/t19-/m1/s1. The van der Waals surface area contributed by atoms with Gasteiger partial charge in [0.05, 0.1) is 23.7 Å². The van der Waals surface area contributed by atoms with Crippen LogP contribution in [0.3, 0.4) is 0 Å². The van der Waals surface area contributed by atoms with E-state index in [9.17, 15) is 18.0 Å². The van der Waals surface area contributed by atoms with Crippen LogP contribution in [0.15, 0.2) is 35.2 Å². The van der Waals surface area contributed by atoms with E-state index in [0.29, 0.717) is 24.5 Å². The fraction of sp³-hybridized carbons (Fsp3) is 0.417. The number of amides is 1. The van der Waals surface area contributed by atoms with Gasteiger partial charge in [0.2, 0.25) is 10.0 Å². The lowest BCUT2D eigenvalue weighted by Gasteiger charge is -2.26. The van der Waals surface area contributed by atoms with Gasteiger partial charge in [-0.15, -0.1) is 0 Å². The molecule has 0 aromatic heterocycles. The first-order valence-electron chi connectivity index (χ1n) is 10.8. The highest BCUT2D eigenvalue weighted by Crippen LogP contribution is 2.24. The molecule has 178 valence electrons. The Morgan fingerprint density at radius 2 is 1.61 bits per heavy atom. The van der Waals surface area contributed by atoms with Crippen molar-refractivity contribution in [1.82, 2.24) is 4.31 Å². The number of esters is 1. The molecule has 1 fully saturated rings. The van der Waals surface area contributed by atoms with Gasteiger partial charge in [-0.05, 0) is 63.4 Å². The number of morpholine rings is 1. The Balaban J connectivity index is 1.75. The van der Waals surface area contributed by atoms with Crippen molar-refractivity contribution in [1.29, 1.82) is 0 Å². The quantitative estimate of drug-likeness (QED) is 0.646. The van der Waals surface area contributed by atoms with Crippen LogP contribution in [0.2, 0.25) is 0 Å². The first-order valence-corrected chi connectivity index (χ1v) is 12.2. The summed E-state index contributed by atoms with van der Waals surface area (Å²) in [5, 5.41) is 2.82. The second kappa shape index (κ2) is 10.0. The van der Waals surface area contributed by atoms with Crippen molar-refractivity contribution in [2.45, 2.75) is 45.6 Å². The Morgan fingerprint density at radius 3 is 2.21 bits per heavy atom. The van der Waals surface area contributed by atoms with Crippen molar-refractivity contribution in [2.24, 2.45) is 0 Å². The Hall–Kier alpha value is -2.75. The second-order valence-electron chi connectivity index (χ2n) is 8.31. The fourth-order valence-corrected chi connectivity index (χ4v) is 5.47. The van der Waals surface area contributed by atoms with Gasteiger partial charge in [0.15, 0.2) is 6.10 Å². The van der Waals surface area contributed by atoms with Crippen molar-refractivity contribution < 1.29 is 27.5 Å². The predicted octanol–water partition coefficient (Wildman–Crippen LogP) is 3.13. The monoisotopic (exact) mass is 474 g/mol. The molecule has 0 saturated carbocycles. The summed E-state index contributed by atoms with van der Waals surface area (Å²) in [4.78, 5) is 25.4. The molecule has 1 aliphatic heterocycles. The highest BCUT2D eigenvalue weighted by molar-refractivity contribution is 7.89. The molecule has 0 radical (unpaired) electrons. The van der Waals surface area contributed by atoms with E-state index in [4.69, 9.17) is 9.47 Å². The molecular weight excluding hydrogens is 444 g/mol. The molecule has 1 saturated heterocycles. The average Bonchev–Trinajstić information content (AvgIpc) is 2.76. The van der Waals surface area contributed by atoms with Crippen LogP contribution < -0.4 is 5.32 Å². The minimum atomic E-state index is -3.78. The molecule has 1 heterocycles. The lowest BCUT2D eigenvalue weighted by Crippen LogP contribution is -2.40. The van der Waals surface area contributed by atoms with Crippen molar-refractivity contribution in [3.8, 4) is 0 Å². The molecule has 1 N–H and O–H groups in total. The molecule has 2 aromatic carbocycles. The Labute approximate surface area is 194 Å². The van der Waals surface area contributed by atoms with Crippen molar-refractivity contribution >= 4 is 27.6 Å². The van der Waals surface area contributed by atoms with Crippen molar-refractivity contribution in [3.63, 3.8) is 0 Å². The van der Waals surface area contributed by atoms with Crippen LogP contribution in [0.4, 0.5) is 5.69 Å². The van der Waals surface area contributed by atoms with Gasteiger partial charge in [0, 0.05) is 18.8 Å². The van der Waals surface area contributed by atoms with Crippen LogP contribution in [0.5, 0.6) is 0 Å². The molecule has 9 heteroatoms. The average molecular weight is 475 g/mol. The molecule has 0 bridgehead atoms. The third-order valence-electron chi connectivity index (χ3n) is 5.59. The van der Waals surface area contributed by atoms with Gasteiger partial charge in [0.1, 0.15) is 0 Å². The first kappa shape index (κ1) is 24.9. The number of benzene rings is 2. The van der Waals surface area contributed by atoms with E-state index in [1.54, 1.807) is 13.0 Å². The van der Waals surface area contributed by atoms with Crippen molar-refractivity contribution in [3.05, 3.63) is 58.1 Å². The van der Waals surface area contributed by atoms with Gasteiger partial charge in [-0.2, -0.15) is 4.31 Å². The number of aryl methyl sites for hydroxylation is 4. The van der Waals surface area contributed by atoms with E-state index in [1.165, 1.54) is 23.4 Å². The maximum Gasteiger partial charge on any atom is 0.338 e. The fourth-order valence-electron chi connectivity index (χ4n) is 3.82. The summed E-state index contributed by atoms with van der Waals surface area (Å²) in [6.45, 7) is 10.1. The number of hydrogen-bond acceptors (Lipinski definition) is 6. The maximum atomic E-state index is 13.1. The van der Waals surface area contributed by atoms with E-state index in [1.807, 2.05) is 32.9 Å². The van der Waals surface area contributed by atoms with Gasteiger partial charge < -0.3 is 14.8 Å². The largest absolute Gasteiger partial charge is 0.449 e. The van der Waals surface area contributed by atoms with E-state index < -0.39 is 28.0 Å². The summed E-state index contributed by atoms with van der Waals surface area (Å²) in [5.74, 6) is -1.24. The number of sulfonamides is 1. The summed E-state index contributed by atoms with van der Waals surface area (Å²) in [6.07, 6.45) is -1.07. The zero-order chi connectivity index (χ0) is 24.3. The van der Waals surface area contributed by atoms with Gasteiger partial charge >= 0.3 is 5.97 Å². The molecule has 0 unspecified atom stereocenters. The SMILES string of the molecule is Cc1cc(C)c(NC(=O)[C@@H](C)OC(=O)c2ccc(C)c(S(=O)(=O)N3CCOCC3)c2)c(C)c1. The molecule has 3 rings (SSSR count). The van der Waals surface area contributed by atoms with Crippen LogP contribution in [0.1, 0.15) is 39.5 Å². The number of nitrogens with zero attached hydrogens (tertiary/aromatic N) is 1. The molecule has 1 amide bonds. The first-order chi connectivity index (χ1) is 15.5. The van der Waals surface area contributed by atoms with Gasteiger partial charge in [0.25, 0.3) is 5.91 Å². The van der Waals surface area contributed by atoms with E-state index in [-0.39, 0.29) is 23.5 Å². The van der Waals surface area contributed by atoms with Crippen LogP contribution in [-0.2, 0) is 24.3 Å². The normalized spacial score (nSPS) is 15.7. The van der Waals surface area contributed by atoms with Crippen LogP contribution in [-0.4, -0.2) is 57.0 Å². The summed E-state index contributed by atoms with van der Waals surface area (Å²) < 4.78 is 38.0. The molecular formula is C24H30N2O6S. The number of hydrogen-bond donors (Lipinski definition) is 1. The summed E-state index contributed by atoms with van der Waals surface area (Å²) in [6, 6.07) is 8.29. The number of carbonyl (C=O) groups is 2. The Morgan fingerprint density at radius 1 is 1.00 bits per heavy atom. The topological polar surface area (TPSA) is 102 Å². The van der Waals surface area contributed by atoms with Crippen LogP contribution in [0.25, 0.3) is 0 Å². The number of rotatable bonds is 6. The summed E-state index contributed by atoms with van der Waals surface area (Å²) >= 11 is 0. The molecule has 1 atom stereocenters. The number of nitrogens with one attached hydrogen (secondary N) is 1. The Bertz CT molecular complexity index is 1150. The minimum Gasteiger partial charge on any atom is -0.449 e. The van der Waals surface area contributed by atoms with Crippen LogP contribution in [0, 0.1) is 27.7 Å². The highest BCUT2D eigenvalue weighted by Gasteiger charge is 2.29. The molecule has 0 spiro atoms. The number of carbonyl (C=O) groups excluding carboxylic acids is 2. The molecule has 0 aliphatic carbocycles. The number of ether oxygens (including phenoxy) is 2. The van der Waals surface area contributed by atoms with Crippen LogP contribution >= 0.6 is 0 Å². The Kier molecular flexibility index (Phi) is 7.56. The van der Waals surface area contributed by atoms with E-state index >= 15 is 0 Å². The minimum absolute atomic E-state index is 0.0434. The van der Waals surface area contributed by atoms with Gasteiger partial charge in [-0.25, -0.2) is 13.2 Å². The molecule has 2 aromatic rings. The zero-order valence-electron chi connectivity index (χ0n) is 19.6.